The standard InChI is InChI=1S/C33H26N2O/c1-21-11-5-4-10-18-33(2,3)26-17-16-22-19-25-23-12-6-8-14-28(23)35(29(25)20-24(22)31(21)26)32-34-27-13-7-9-15-30(27)36-32/h4-17,19-20H,1,18H2,2-3H3/b10-4-,11-5-. The summed E-state index contributed by atoms with van der Waals surface area (Å²) in [5, 5.41) is 4.78. The molecule has 3 nitrogen and oxygen atoms in total. The van der Waals surface area contributed by atoms with E-state index in [1.165, 1.54) is 32.7 Å². The van der Waals surface area contributed by atoms with Gasteiger partial charge in [0.25, 0.3) is 0 Å². The van der Waals surface area contributed by atoms with Gasteiger partial charge in [0.1, 0.15) is 5.52 Å². The lowest BCUT2D eigenvalue weighted by Crippen LogP contribution is -2.18. The van der Waals surface area contributed by atoms with Crippen molar-refractivity contribution in [1.29, 1.82) is 0 Å². The fourth-order valence-electron chi connectivity index (χ4n) is 5.67. The molecule has 0 bridgehead atoms. The molecule has 6 aromatic rings. The van der Waals surface area contributed by atoms with Gasteiger partial charge >= 0.3 is 6.01 Å². The molecular weight excluding hydrogens is 440 g/mol. The monoisotopic (exact) mass is 466 g/mol. The highest BCUT2D eigenvalue weighted by atomic mass is 16.4. The lowest BCUT2D eigenvalue weighted by atomic mass is 9.76. The minimum atomic E-state index is -0.0169. The van der Waals surface area contributed by atoms with E-state index in [0.29, 0.717) is 6.01 Å². The molecular formula is C33H26N2O. The van der Waals surface area contributed by atoms with Crippen LogP contribution >= 0.6 is 0 Å². The zero-order chi connectivity index (χ0) is 24.4. The van der Waals surface area contributed by atoms with Crippen LogP contribution in [0.3, 0.4) is 0 Å². The molecule has 0 saturated carbocycles. The van der Waals surface area contributed by atoms with Gasteiger partial charge in [0.2, 0.25) is 0 Å². The van der Waals surface area contributed by atoms with Crippen LogP contribution in [0.5, 0.6) is 0 Å². The second-order valence-corrected chi connectivity index (χ2v) is 10.3. The number of oxazole rings is 1. The molecule has 7 rings (SSSR count). The molecule has 0 N–H and O–H groups in total. The quantitative estimate of drug-likeness (QED) is 0.242. The molecule has 174 valence electrons. The Balaban J connectivity index is 1.62. The Labute approximate surface area is 209 Å². The minimum absolute atomic E-state index is 0.0169. The van der Waals surface area contributed by atoms with Gasteiger partial charge in [0.15, 0.2) is 5.58 Å². The van der Waals surface area contributed by atoms with Crippen LogP contribution in [0.15, 0.2) is 108 Å². The fourth-order valence-corrected chi connectivity index (χ4v) is 5.67. The number of aromatic nitrogens is 2. The summed E-state index contributed by atoms with van der Waals surface area (Å²) in [4.78, 5) is 4.86. The van der Waals surface area contributed by atoms with Gasteiger partial charge in [-0.2, -0.15) is 4.98 Å². The topological polar surface area (TPSA) is 31.0 Å². The second kappa shape index (κ2) is 7.56. The number of hydrogen-bond donors (Lipinski definition) is 0. The molecule has 0 aliphatic heterocycles. The van der Waals surface area contributed by atoms with E-state index < -0.39 is 0 Å². The van der Waals surface area contributed by atoms with Gasteiger partial charge < -0.3 is 4.42 Å². The van der Waals surface area contributed by atoms with Crippen molar-refractivity contribution < 1.29 is 4.42 Å². The summed E-state index contributed by atoms with van der Waals surface area (Å²) in [6, 6.07) is 26.2. The van der Waals surface area contributed by atoms with Crippen LogP contribution in [0.25, 0.3) is 55.3 Å². The summed E-state index contributed by atoms with van der Waals surface area (Å²) < 4.78 is 8.43. The molecule has 0 amide bonds. The molecule has 36 heavy (non-hydrogen) atoms. The van der Waals surface area contributed by atoms with Crippen LogP contribution in [-0.4, -0.2) is 9.55 Å². The van der Waals surface area contributed by atoms with E-state index in [1.54, 1.807) is 0 Å². The van der Waals surface area contributed by atoms with Crippen molar-refractivity contribution in [3.05, 3.63) is 115 Å². The normalized spacial score (nSPS) is 17.2. The largest absolute Gasteiger partial charge is 0.423 e. The van der Waals surface area contributed by atoms with E-state index in [4.69, 9.17) is 9.40 Å². The molecule has 0 radical (unpaired) electrons. The average molecular weight is 467 g/mol. The number of rotatable bonds is 1. The maximum absolute atomic E-state index is 6.28. The molecule has 2 aromatic heterocycles. The number of para-hydroxylation sites is 3. The number of benzene rings is 4. The molecule has 0 spiro atoms. The highest BCUT2D eigenvalue weighted by Gasteiger charge is 2.26. The van der Waals surface area contributed by atoms with Gasteiger partial charge in [-0.3, -0.25) is 4.57 Å². The van der Waals surface area contributed by atoms with Crippen LogP contribution < -0.4 is 0 Å². The van der Waals surface area contributed by atoms with E-state index in [1.807, 2.05) is 24.3 Å². The first-order chi connectivity index (χ1) is 17.5. The van der Waals surface area contributed by atoms with E-state index in [0.717, 1.165) is 34.1 Å². The summed E-state index contributed by atoms with van der Waals surface area (Å²) in [5.74, 6) is 0. The van der Waals surface area contributed by atoms with Gasteiger partial charge in [-0.15, -0.1) is 0 Å². The predicted molar refractivity (Wildman–Crippen MR) is 151 cm³/mol. The maximum atomic E-state index is 6.28. The molecule has 3 heteroatoms. The highest BCUT2D eigenvalue weighted by Crippen LogP contribution is 2.42. The second-order valence-electron chi connectivity index (χ2n) is 10.3. The zero-order valence-electron chi connectivity index (χ0n) is 20.5. The van der Waals surface area contributed by atoms with Crippen LogP contribution in [0.4, 0.5) is 0 Å². The molecule has 1 aliphatic rings. The van der Waals surface area contributed by atoms with E-state index in [-0.39, 0.29) is 5.41 Å². The van der Waals surface area contributed by atoms with Crippen molar-refractivity contribution in [3.63, 3.8) is 0 Å². The van der Waals surface area contributed by atoms with Crippen LogP contribution in [0, 0.1) is 0 Å². The average Bonchev–Trinajstić information content (AvgIpc) is 3.45. The smallest absolute Gasteiger partial charge is 0.307 e. The Morgan fingerprint density at radius 2 is 1.69 bits per heavy atom. The third-order valence-corrected chi connectivity index (χ3v) is 7.51. The van der Waals surface area contributed by atoms with Gasteiger partial charge in [-0.05, 0) is 69.6 Å². The number of fused-ring (bicyclic) bond motifs is 7. The molecule has 4 aromatic carbocycles. The van der Waals surface area contributed by atoms with Gasteiger partial charge in [0, 0.05) is 10.8 Å². The number of allylic oxidation sites excluding steroid dienone is 5. The fraction of sp³-hybridized carbons (Fsp3) is 0.121. The van der Waals surface area contributed by atoms with E-state index in [9.17, 15) is 0 Å². The third kappa shape index (κ3) is 3.02. The van der Waals surface area contributed by atoms with Crippen molar-refractivity contribution in [1.82, 2.24) is 9.55 Å². The van der Waals surface area contributed by atoms with Gasteiger partial charge in [0.05, 0.1) is 11.0 Å². The number of nitrogens with zero attached hydrogens (tertiary/aromatic N) is 2. The predicted octanol–water partition coefficient (Wildman–Crippen LogP) is 8.88. The first-order valence-electron chi connectivity index (χ1n) is 12.4. The van der Waals surface area contributed by atoms with E-state index >= 15 is 0 Å². The first-order valence-corrected chi connectivity index (χ1v) is 12.4. The Bertz CT molecular complexity index is 1880. The van der Waals surface area contributed by atoms with Gasteiger partial charge in [-0.25, -0.2) is 0 Å². The van der Waals surface area contributed by atoms with Crippen molar-refractivity contribution in [2.24, 2.45) is 0 Å². The highest BCUT2D eigenvalue weighted by molar-refractivity contribution is 6.15. The van der Waals surface area contributed by atoms with Crippen molar-refractivity contribution in [2.75, 3.05) is 0 Å². The Morgan fingerprint density at radius 1 is 0.861 bits per heavy atom. The Kier molecular flexibility index (Phi) is 4.40. The zero-order valence-corrected chi connectivity index (χ0v) is 20.5. The summed E-state index contributed by atoms with van der Waals surface area (Å²) in [5.41, 5.74) is 7.35. The maximum Gasteiger partial charge on any atom is 0.307 e. The van der Waals surface area contributed by atoms with Crippen molar-refractivity contribution in [3.8, 4) is 6.01 Å². The summed E-state index contributed by atoms with van der Waals surface area (Å²) in [6.07, 6.45) is 9.56. The molecule has 0 atom stereocenters. The van der Waals surface area contributed by atoms with Crippen LogP contribution in [-0.2, 0) is 5.41 Å². The molecule has 2 heterocycles. The summed E-state index contributed by atoms with van der Waals surface area (Å²) >= 11 is 0. The Morgan fingerprint density at radius 3 is 2.58 bits per heavy atom. The van der Waals surface area contributed by atoms with Crippen molar-refractivity contribution >= 4 is 49.3 Å². The summed E-state index contributed by atoms with van der Waals surface area (Å²) in [7, 11) is 0. The number of hydrogen-bond acceptors (Lipinski definition) is 2. The third-order valence-electron chi connectivity index (χ3n) is 7.51. The van der Waals surface area contributed by atoms with Gasteiger partial charge in [-0.1, -0.05) is 87.2 Å². The van der Waals surface area contributed by atoms with Crippen molar-refractivity contribution in [2.45, 2.75) is 25.7 Å². The molecule has 0 fully saturated rings. The first kappa shape index (κ1) is 21.0. The van der Waals surface area contributed by atoms with Crippen LogP contribution in [0.2, 0.25) is 0 Å². The van der Waals surface area contributed by atoms with Crippen LogP contribution in [0.1, 0.15) is 31.4 Å². The van der Waals surface area contributed by atoms with E-state index in [2.05, 4.69) is 97.8 Å². The molecule has 0 unspecified atom stereocenters. The lowest BCUT2D eigenvalue weighted by Gasteiger charge is -2.28. The SMILES string of the molecule is C=C1/C=C\C=C/CC(C)(C)c2ccc3cc4c5ccccc5n(-c5nc6ccccc6o5)c4cc3c21. The lowest BCUT2D eigenvalue weighted by molar-refractivity contribution is 0.534. The molecule has 1 aliphatic carbocycles. The minimum Gasteiger partial charge on any atom is -0.423 e. The molecule has 0 saturated heterocycles. The summed E-state index contributed by atoms with van der Waals surface area (Å²) in [6.45, 7) is 9.12. The Hall–Kier alpha value is -4.37.